The highest BCUT2D eigenvalue weighted by atomic mass is 15.3. The molecular formula is C16H26N4. The Morgan fingerprint density at radius 2 is 2.05 bits per heavy atom. The molecule has 1 saturated carbocycles. The zero-order valence-electron chi connectivity index (χ0n) is 12.5. The Labute approximate surface area is 122 Å². The van der Waals surface area contributed by atoms with Crippen LogP contribution < -0.4 is 10.2 Å². The Morgan fingerprint density at radius 3 is 2.75 bits per heavy atom. The molecule has 110 valence electrons. The van der Waals surface area contributed by atoms with E-state index in [-0.39, 0.29) is 0 Å². The molecule has 1 aromatic rings. The van der Waals surface area contributed by atoms with Crippen LogP contribution in [0.25, 0.3) is 0 Å². The predicted octanol–water partition coefficient (Wildman–Crippen LogP) is 2.75. The second kappa shape index (κ2) is 6.53. The minimum Gasteiger partial charge on any atom is -0.355 e. The lowest BCUT2D eigenvalue weighted by Gasteiger charge is -2.21. The Balaban J connectivity index is 1.55. The summed E-state index contributed by atoms with van der Waals surface area (Å²) in [6, 6.07) is 5.00. The molecule has 0 spiro atoms. The van der Waals surface area contributed by atoms with Crippen molar-refractivity contribution in [2.24, 2.45) is 5.92 Å². The minimum atomic E-state index is 0.730. The lowest BCUT2D eigenvalue weighted by Crippen LogP contribution is -2.26. The van der Waals surface area contributed by atoms with Crippen LogP contribution in [0.2, 0.25) is 0 Å². The van der Waals surface area contributed by atoms with Gasteiger partial charge in [-0.25, -0.2) is 0 Å². The van der Waals surface area contributed by atoms with Gasteiger partial charge in [-0.3, -0.25) is 0 Å². The SMILES string of the molecule is CCC1CCCN(c2ccc(CNC3CC3)nn2)CC1. The molecule has 0 aromatic carbocycles. The van der Waals surface area contributed by atoms with Gasteiger partial charge in [0.15, 0.2) is 5.82 Å². The summed E-state index contributed by atoms with van der Waals surface area (Å²) in [4.78, 5) is 2.40. The summed E-state index contributed by atoms with van der Waals surface area (Å²) >= 11 is 0. The van der Waals surface area contributed by atoms with Gasteiger partial charge in [0.2, 0.25) is 0 Å². The molecule has 1 atom stereocenters. The molecule has 1 unspecified atom stereocenters. The topological polar surface area (TPSA) is 41.0 Å². The number of aromatic nitrogens is 2. The smallest absolute Gasteiger partial charge is 0.151 e. The summed E-state index contributed by atoms with van der Waals surface area (Å²) in [5.41, 5.74) is 1.06. The molecule has 0 amide bonds. The van der Waals surface area contributed by atoms with Crippen molar-refractivity contribution >= 4 is 5.82 Å². The molecule has 2 heterocycles. The quantitative estimate of drug-likeness (QED) is 0.896. The second-order valence-corrected chi connectivity index (χ2v) is 6.23. The molecule has 1 aliphatic heterocycles. The molecule has 2 fully saturated rings. The Bertz CT molecular complexity index is 413. The average Bonchev–Trinajstić information content (AvgIpc) is 3.32. The number of anilines is 1. The van der Waals surface area contributed by atoms with Crippen molar-refractivity contribution in [1.82, 2.24) is 15.5 Å². The Morgan fingerprint density at radius 1 is 1.15 bits per heavy atom. The maximum atomic E-state index is 4.43. The molecule has 1 aliphatic carbocycles. The van der Waals surface area contributed by atoms with Crippen LogP contribution in [-0.2, 0) is 6.54 Å². The van der Waals surface area contributed by atoms with E-state index in [1.165, 1.54) is 38.5 Å². The van der Waals surface area contributed by atoms with Crippen LogP contribution >= 0.6 is 0 Å². The van der Waals surface area contributed by atoms with Gasteiger partial charge in [-0.2, -0.15) is 5.10 Å². The molecule has 1 N–H and O–H groups in total. The third kappa shape index (κ3) is 3.69. The summed E-state index contributed by atoms with van der Waals surface area (Å²) < 4.78 is 0. The standard InChI is InChI=1S/C16H26N4/c1-2-13-4-3-10-20(11-9-13)16-8-7-15(18-19-16)12-17-14-5-6-14/h7-8,13-14,17H,2-6,9-12H2,1H3. The van der Waals surface area contributed by atoms with Gasteiger partial charge in [0.05, 0.1) is 5.69 Å². The zero-order valence-corrected chi connectivity index (χ0v) is 12.5. The van der Waals surface area contributed by atoms with E-state index >= 15 is 0 Å². The zero-order chi connectivity index (χ0) is 13.8. The van der Waals surface area contributed by atoms with Crippen LogP contribution in [0.3, 0.4) is 0 Å². The van der Waals surface area contributed by atoms with E-state index < -0.39 is 0 Å². The third-order valence-corrected chi connectivity index (χ3v) is 4.60. The molecule has 4 nitrogen and oxygen atoms in total. The maximum absolute atomic E-state index is 4.43. The Hall–Kier alpha value is -1.16. The lowest BCUT2D eigenvalue weighted by atomic mass is 9.98. The van der Waals surface area contributed by atoms with E-state index in [1.807, 2.05) is 0 Å². The van der Waals surface area contributed by atoms with Crippen molar-refractivity contribution < 1.29 is 0 Å². The van der Waals surface area contributed by atoms with Crippen molar-refractivity contribution in [1.29, 1.82) is 0 Å². The molecular weight excluding hydrogens is 248 g/mol. The van der Waals surface area contributed by atoms with E-state index in [4.69, 9.17) is 0 Å². The first-order valence-corrected chi connectivity index (χ1v) is 8.16. The van der Waals surface area contributed by atoms with Crippen LogP contribution in [0, 0.1) is 5.92 Å². The van der Waals surface area contributed by atoms with E-state index in [9.17, 15) is 0 Å². The third-order valence-electron chi connectivity index (χ3n) is 4.60. The summed E-state index contributed by atoms with van der Waals surface area (Å²) in [7, 11) is 0. The summed E-state index contributed by atoms with van der Waals surface area (Å²) in [5, 5.41) is 12.3. The molecule has 0 radical (unpaired) electrons. The van der Waals surface area contributed by atoms with Crippen LogP contribution in [0.1, 0.15) is 51.1 Å². The first kappa shape index (κ1) is 13.8. The van der Waals surface area contributed by atoms with Gasteiger partial charge in [-0.1, -0.05) is 13.3 Å². The van der Waals surface area contributed by atoms with Crippen LogP contribution in [0.4, 0.5) is 5.82 Å². The van der Waals surface area contributed by atoms with Gasteiger partial charge in [0.25, 0.3) is 0 Å². The predicted molar refractivity (Wildman–Crippen MR) is 81.7 cm³/mol. The highest BCUT2D eigenvalue weighted by Gasteiger charge is 2.20. The first-order valence-electron chi connectivity index (χ1n) is 8.16. The van der Waals surface area contributed by atoms with Crippen molar-refractivity contribution in [3.63, 3.8) is 0 Å². The fourth-order valence-electron chi connectivity index (χ4n) is 2.95. The second-order valence-electron chi connectivity index (χ2n) is 6.23. The van der Waals surface area contributed by atoms with Gasteiger partial charge in [0.1, 0.15) is 0 Å². The fourth-order valence-corrected chi connectivity index (χ4v) is 2.95. The molecule has 3 rings (SSSR count). The molecule has 0 bridgehead atoms. The number of hydrogen-bond acceptors (Lipinski definition) is 4. The molecule has 1 aromatic heterocycles. The molecule has 1 saturated heterocycles. The van der Waals surface area contributed by atoms with E-state index in [1.54, 1.807) is 0 Å². The highest BCUT2D eigenvalue weighted by molar-refractivity contribution is 5.37. The van der Waals surface area contributed by atoms with Gasteiger partial charge in [0, 0.05) is 25.7 Å². The summed E-state index contributed by atoms with van der Waals surface area (Å²) in [6.07, 6.45) is 7.89. The van der Waals surface area contributed by atoms with Crippen molar-refractivity contribution in [2.45, 2.75) is 58.0 Å². The van der Waals surface area contributed by atoms with Gasteiger partial charge < -0.3 is 10.2 Å². The summed E-state index contributed by atoms with van der Waals surface area (Å²) in [5.74, 6) is 1.95. The molecule has 2 aliphatic rings. The number of hydrogen-bond donors (Lipinski definition) is 1. The van der Waals surface area contributed by atoms with E-state index in [0.29, 0.717) is 0 Å². The van der Waals surface area contributed by atoms with Gasteiger partial charge in [-0.05, 0) is 50.2 Å². The van der Waals surface area contributed by atoms with Crippen LogP contribution in [0.15, 0.2) is 12.1 Å². The number of nitrogens with one attached hydrogen (secondary N) is 1. The van der Waals surface area contributed by atoms with Gasteiger partial charge >= 0.3 is 0 Å². The number of rotatable bonds is 5. The molecule has 4 heteroatoms. The van der Waals surface area contributed by atoms with Crippen molar-refractivity contribution in [3.05, 3.63) is 17.8 Å². The van der Waals surface area contributed by atoms with E-state index in [0.717, 1.165) is 43.1 Å². The highest BCUT2D eigenvalue weighted by Crippen LogP contribution is 2.23. The maximum Gasteiger partial charge on any atom is 0.151 e. The monoisotopic (exact) mass is 274 g/mol. The molecule has 20 heavy (non-hydrogen) atoms. The summed E-state index contributed by atoms with van der Waals surface area (Å²) in [6.45, 7) is 5.43. The fraction of sp³-hybridized carbons (Fsp3) is 0.750. The van der Waals surface area contributed by atoms with Crippen LogP contribution in [-0.4, -0.2) is 29.3 Å². The Kier molecular flexibility index (Phi) is 4.51. The average molecular weight is 274 g/mol. The van der Waals surface area contributed by atoms with Gasteiger partial charge in [-0.15, -0.1) is 5.10 Å². The number of nitrogens with zero attached hydrogens (tertiary/aromatic N) is 3. The minimum absolute atomic E-state index is 0.730. The normalized spacial score (nSPS) is 23.6. The van der Waals surface area contributed by atoms with Crippen molar-refractivity contribution in [2.75, 3.05) is 18.0 Å². The lowest BCUT2D eigenvalue weighted by molar-refractivity contribution is 0.459. The van der Waals surface area contributed by atoms with Crippen molar-refractivity contribution in [3.8, 4) is 0 Å². The largest absolute Gasteiger partial charge is 0.355 e. The van der Waals surface area contributed by atoms with Crippen LogP contribution in [0.5, 0.6) is 0 Å². The van der Waals surface area contributed by atoms with E-state index in [2.05, 4.69) is 39.5 Å². The first-order chi connectivity index (χ1) is 9.85.